The Morgan fingerprint density at radius 1 is 0.931 bits per heavy atom. The molecule has 150 valence electrons. The van der Waals surface area contributed by atoms with E-state index in [4.69, 9.17) is 11.6 Å². The summed E-state index contributed by atoms with van der Waals surface area (Å²) >= 11 is 5.67. The summed E-state index contributed by atoms with van der Waals surface area (Å²) in [7, 11) is -3.86. The fourth-order valence-corrected chi connectivity index (χ4v) is 3.71. The number of halogens is 3. The molecule has 0 fully saturated rings. The first-order chi connectivity index (χ1) is 13.7. The van der Waals surface area contributed by atoms with Crippen LogP contribution in [0.3, 0.4) is 0 Å². The van der Waals surface area contributed by atoms with Crippen molar-refractivity contribution < 1.29 is 22.0 Å². The van der Waals surface area contributed by atoms with Gasteiger partial charge < -0.3 is 5.32 Å². The summed E-state index contributed by atoms with van der Waals surface area (Å²) in [4.78, 5) is 12.0. The Kier molecular flexibility index (Phi) is 6.14. The van der Waals surface area contributed by atoms with Crippen LogP contribution in [-0.4, -0.2) is 14.3 Å². The molecule has 5 nitrogen and oxygen atoms in total. The number of benzene rings is 3. The highest BCUT2D eigenvalue weighted by molar-refractivity contribution is 7.92. The first-order valence-corrected chi connectivity index (χ1v) is 10.2. The van der Waals surface area contributed by atoms with Crippen LogP contribution < -0.4 is 10.0 Å². The molecule has 9 heteroatoms. The van der Waals surface area contributed by atoms with E-state index in [2.05, 4.69) is 10.0 Å². The summed E-state index contributed by atoms with van der Waals surface area (Å²) in [6.07, 6.45) is -0.0347. The zero-order valence-corrected chi connectivity index (χ0v) is 16.4. The molecule has 0 heterocycles. The number of hydrogen-bond donors (Lipinski definition) is 2. The van der Waals surface area contributed by atoms with Crippen LogP contribution >= 0.6 is 11.6 Å². The molecule has 0 aliphatic heterocycles. The smallest absolute Gasteiger partial charge is 0.261 e. The van der Waals surface area contributed by atoms with Gasteiger partial charge in [-0.2, -0.15) is 0 Å². The summed E-state index contributed by atoms with van der Waals surface area (Å²) in [5, 5.41) is 2.67. The van der Waals surface area contributed by atoms with Crippen molar-refractivity contribution in [2.75, 3.05) is 10.0 Å². The quantitative estimate of drug-likeness (QED) is 0.593. The summed E-state index contributed by atoms with van der Waals surface area (Å²) < 4.78 is 53.6. The van der Waals surface area contributed by atoms with E-state index in [1.54, 1.807) is 12.1 Å². The van der Waals surface area contributed by atoms with Gasteiger partial charge in [0.1, 0.15) is 11.6 Å². The Hall–Kier alpha value is -2.97. The van der Waals surface area contributed by atoms with Crippen LogP contribution in [0, 0.1) is 11.6 Å². The van der Waals surface area contributed by atoms with E-state index in [-0.39, 0.29) is 27.7 Å². The monoisotopic (exact) mass is 436 g/mol. The lowest BCUT2D eigenvalue weighted by Gasteiger charge is -2.10. The van der Waals surface area contributed by atoms with E-state index in [9.17, 15) is 22.0 Å². The molecule has 3 rings (SSSR count). The molecular weight excluding hydrogens is 422 g/mol. The number of amides is 1. The molecule has 0 spiro atoms. The highest BCUT2D eigenvalue weighted by Crippen LogP contribution is 2.20. The van der Waals surface area contributed by atoms with Crippen molar-refractivity contribution in [2.45, 2.75) is 11.3 Å². The second-order valence-electron chi connectivity index (χ2n) is 6.11. The number of carbonyl (C=O) groups excluding carboxylic acids is 1. The van der Waals surface area contributed by atoms with Crippen molar-refractivity contribution in [3.05, 3.63) is 89.0 Å². The van der Waals surface area contributed by atoms with Crippen LogP contribution in [0.5, 0.6) is 0 Å². The zero-order chi connectivity index (χ0) is 21.0. The van der Waals surface area contributed by atoms with Gasteiger partial charge in [0.2, 0.25) is 5.91 Å². The molecular formula is C20H15ClF2N2O3S. The molecule has 1 amide bonds. The van der Waals surface area contributed by atoms with Gasteiger partial charge in [-0.05, 0) is 60.2 Å². The normalized spacial score (nSPS) is 11.1. The van der Waals surface area contributed by atoms with Crippen molar-refractivity contribution in [3.8, 4) is 0 Å². The van der Waals surface area contributed by atoms with Crippen molar-refractivity contribution in [2.24, 2.45) is 0 Å². The lowest BCUT2D eigenvalue weighted by Crippen LogP contribution is -2.15. The predicted octanol–water partition coefficient (Wildman–Crippen LogP) is 4.60. The van der Waals surface area contributed by atoms with Crippen LogP contribution in [0.25, 0.3) is 0 Å². The Balaban J connectivity index is 1.63. The van der Waals surface area contributed by atoms with Crippen molar-refractivity contribution in [1.82, 2.24) is 0 Å². The minimum Gasteiger partial charge on any atom is -0.323 e. The summed E-state index contributed by atoms with van der Waals surface area (Å²) in [6.45, 7) is 0. The lowest BCUT2D eigenvalue weighted by molar-refractivity contribution is -0.115. The van der Waals surface area contributed by atoms with E-state index in [1.165, 1.54) is 24.3 Å². The minimum atomic E-state index is -3.86. The molecule has 0 radical (unpaired) electrons. The second kappa shape index (κ2) is 8.59. The molecule has 0 aliphatic rings. The molecule has 0 aliphatic carbocycles. The topological polar surface area (TPSA) is 75.3 Å². The fourth-order valence-electron chi connectivity index (χ4n) is 2.49. The Bertz CT molecular complexity index is 1140. The number of rotatable bonds is 6. The van der Waals surface area contributed by atoms with E-state index in [1.807, 2.05) is 0 Å². The van der Waals surface area contributed by atoms with Crippen LogP contribution in [0.1, 0.15) is 5.56 Å². The average Bonchev–Trinajstić information content (AvgIpc) is 2.66. The number of anilines is 2. The molecule has 0 aromatic heterocycles. The molecule has 3 aromatic carbocycles. The van der Waals surface area contributed by atoms with Crippen LogP contribution in [0.2, 0.25) is 5.02 Å². The first kappa shape index (κ1) is 20.8. The number of nitrogens with one attached hydrogen (secondary N) is 2. The number of sulfonamides is 1. The third-order valence-electron chi connectivity index (χ3n) is 3.90. The van der Waals surface area contributed by atoms with Crippen LogP contribution in [0.4, 0.5) is 20.2 Å². The maximum Gasteiger partial charge on any atom is 0.261 e. The Morgan fingerprint density at radius 2 is 1.59 bits per heavy atom. The third kappa shape index (κ3) is 5.52. The maximum atomic E-state index is 13.7. The highest BCUT2D eigenvalue weighted by atomic mass is 35.5. The SMILES string of the molecule is O=C(Cc1ccc(NS(=O)(=O)c2ccc(F)cc2)cc1)Nc1ccc(Cl)cc1F. The average molecular weight is 437 g/mol. The van der Waals surface area contributed by atoms with Gasteiger partial charge in [-0.3, -0.25) is 9.52 Å². The second-order valence-corrected chi connectivity index (χ2v) is 8.22. The van der Waals surface area contributed by atoms with Gasteiger partial charge in [0.15, 0.2) is 0 Å². The molecule has 0 unspecified atom stereocenters. The van der Waals surface area contributed by atoms with Gasteiger partial charge in [-0.1, -0.05) is 23.7 Å². The van der Waals surface area contributed by atoms with Gasteiger partial charge in [0.05, 0.1) is 17.0 Å². The first-order valence-electron chi connectivity index (χ1n) is 8.35. The standard InChI is InChI=1S/C20H15ClF2N2O3S/c21-14-3-10-19(18(23)12-14)24-20(26)11-13-1-6-16(7-2-13)25-29(27,28)17-8-4-15(22)5-9-17/h1-10,12,25H,11H2,(H,24,26). The molecule has 2 N–H and O–H groups in total. The third-order valence-corrected chi connectivity index (χ3v) is 5.53. The molecule has 0 bridgehead atoms. The Morgan fingerprint density at radius 3 is 2.21 bits per heavy atom. The fraction of sp³-hybridized carbons (Fsp3) is 0.0500. The van der Waals surface area contributed by atoms with Crippen molar-refractivity contribution in [3.63, 3.8) is 0 Å². The van der Waals surface area contributed by atoms with Gasteiger partial charge in [-0.15, -0.1) is 0 Å². The largest absolute Gasteiger partial charge is 0.323 e. The van der Waals surface area contributed by atoms with Gasteiger partial charge >= 0.3 is 0 Å². The lowest BCUT2D eigenvalue weighted by atomic mass is 10.1. The molecule has 0 atom stereocenters. The zero-order valence-electron chi connectivity index (χ0n) is 14.8. The van der Waals surface area contributed by atoms with Gasteiger partial charge in [-0.25, -0.2) is 17.2 Å². The van der Waals surface area contributed by atoms with E-state index < -0.39 is 27.6 Å². The van der Waals surface area contributed by atoms with Gasteiger partial charge in [0.25, 0.3) is 10.0 Å². The van der Waals surface area contributed by atoms with Gasteiger partial charge in [0, 0.05) is 10.7 Å². The van der Waals surface area contributed by atoms with Crippen LogP contribution in [-0.2, 0) is 21.2 Å². The summed E-state index contributed by atoms with van der Waals surface area (Å²) in [5.74, 6) is -1.62. The maximum absolute atomic E-state index is 13.7. The van der Waals surface area contributed by atoms with Crippen molar-refractivity contribution in [1.29, 1.82) is 0 Å². The van der Waals surface area contributed by atoms with E-state index >= 15 is 0 Å². The van der Waals surface area contributed by atoms with E-state index in [0.29, 0.717) is 5.56 Å². The van der Waals surface area contributed by atoms with E-state index in [0.717, 1.165) is 30.3 Å². The number of hydrogen-bond acceptors (Lipinski definition) is 3. The summed E-state index contributed by atoms with van der Waals surface area (Å²) in [5.41, 5.74) is 0.895. The van der Waals surface area contributed by atoms with Crippen LogP contribution in [0.15, 0.2) is 71.6 Å². The number of carbonyl (C=O) groups is 1. The van der Waals surface area contributed by atoms with Crippen molar-refractivity contribution >= 4 is 38.9 Å². The molecule has 29 heavy (non-hydrogen) atoms. The Labute approximate surface area is 171 Å². The summed E-state index contributed by atoms with van der Waals surface area (Å²) in [6, 6.07) is 14.5. The molecule has 3 aromatic rings. The minimum absolute atomic E-state index is 0.0167. The highest BCUT2D eigenvalue weighted by Gasteiger charge is 2.14. The molecule has 0 saturated heterocycles. The molecule has 0 saturated carbocycles. The predicted molar refractivity (Wildman–Crippen MR) is 107 cm³/mol.